The zero-order valence-corrected chi connectivity index (χ0v) is 10.5. The maximum atomic E-state index is 10.8. The van der Waals surface area contributed by atoms with E-state index in [1.54, 1.807) is 18.2 Å². The Kier molecular flexibility index (Phi) is 4.69. The lowest BCUT2D eigenvalue weighted by atomic mass is 10.2. The molecule has 0 radical (unpaired) electrons. The van der Waals surface area contributed by atoms with Gasteiger partial charge in [-0.1, -0.05) is 61.2 Å². The van der Waals surface area contributed by atoms with E-state index in [0.29, 0.717) is 0 Å². The zero-order chi connectivity index (χ0) is 14.1. The van der Waals surface area contributed by atoms with Crippen LogP contribution in [0.2, 0.25) is 0 Å². The highest BCUT2D eigenvalue weighted by Crippen LogP contribution is 2.05. The highest BCUT2D eigenvalue weighted by atomic mass is 32.2. The molecule has 3 nitrogen and oxygen atoms in total. The summed E-state index contributed by atoms with van der Waals surface area (Å²) >= 11 is 0. The zero-order valence-electron chi connectivity index (χ0n) is 10.7. The molecule has 0 unspecified atom stereocenters. The van der Waals surface area contributed by atoms with Crippen LogP contribution in [0.3, 0.4) is 0 Å². The first-order chi connectivity index (χ1) is 9.10. The molecule has 0 atom stereocenters. The summed E-state index contributed by atoms with van der Waals surface area (Å²) in [4.78, 5) is -0.00463. The summed E-state index contributed by atoms with van der Waals surface area (Å²) in [6.07, 6.45) is 1.83. The monoisotopic (exact) mass is 263 g/mol. The molecule has 94 valence electrons. The molecule has 0 spiro atoms. The van der Waals surface area contributed by atoms with Gasteiger partial charge in [-0.3, -0.25) is 4.56 Å². The van der Waals surface area contributed by atoms with Crippen LogP contribution in [0, 0.1) is 0 Å². The fourth-order valence-electron chi connectivity index (χ4n) is 1.18. The summed E-state index contributed by atoms with van der Waals surface area (Å²) in [5.74, 6) is 0. The third kappa shape index (κ3) is 4.95. The van der Waals surface area contributed by atoms with Gasteiger partial charge < -0.3 is 0 Å². The summed E-state index contributed by atoms with van der Waals surface area (Å²) < 4.78 is 31.4. The average Bonchev–Trinajstić information content (AvgIpc) is 2.49. The van der Waals surface area contributed by atoms with Crippen molar-refractivity contribution in [3.63, 3.8) is 0 Å². The molecule has 0 saturated carbocycles. The maximum Gasteiger partial charge on any atom is 0.294 e. The van der Waals surface area contributed by atoms with Crippen molar-refractivity contribution in [1.29, 1.82) is 1.43 Å². The lowest BCUT2D eigenvalue weighted by Gasteiger charge is -1.92. The van der Waals surface area contributed by atoms with Gasteiger partial charge in [-0.2, -0.15) is 8.42 Å². The van der Waals surface area contributed by atoms with E-state index >= 15 is 0 Å². The molecular formula is C14H14O3S. The molecule has 0 aromatic heterocycles. The second-order valence-corrected chi connectivity index (χ2v) is 4.76. The van der Waals surface area contributed by atoms with Crippen LogP contribution in [-0.4, -0.2) is 13.0 Å². The first-order valence-electron chi connectivity index (χ1n) is 5.63. The lowest BCUT2D eigenvalue weighted by Crippen LogP contribution is -1.96. The minimum absolute atomic E-state index is 0.00463. The smallest absolute Gasteiger partial charge is 0.282 e. The predicted octanol–water partition coefficient (Wildman–Crippen LogP) is 3.26. The van der Waals surface area contributed by atoms with Crippen LogP contribution in [0.25, 0.3) is 7.51 Å². The number of rotatable bonds is 3. The molecule has 2 aromatic rings. The van der Waals surface area contributed by atoms with Crippen molar-refractivity contribution in [3.05, 3.63) is 72.8 Å². The SMILES string of the molecule is C=Cc1ccccc1.[2H]OS(=O)(=O)c1ccccc1. The summed E-state index contributed by atoms with van der Waals surface area (Å²) in [7, 11) is -3.83. The molecule has 0 heterocycles. The lowest BCUT2D eigenvalue weighted by molar-refractivity contribution is 0.483. The molecule has 0 saturated heterocycles. The third-order valence-electron chi connectivity index (χ3n) is 2.07. The Hall–Kier alpha value is -1.91. The van der Waals surface area contributed by atoms with Crippen LogP contribution in [0.1, 0.15) is 5.56 Å². The van der Waals surface area contributed by atoms with Crippen LogP contribution in [0.4, 0.5) is 0 Å². The Balaban J connectivity index is 0.000000200. The Morgan fingerprint density at radius 1 is 1.00 bits per heavy atom. The van der Waals surface area contributed by atoms with Crippen molar-refractivity contribution in [2.75, 3.05) is 0 Å². The van der Waals surface area contributed by atoms with Crippen molar-refractivity contribution in [2.24, 2.45) is 0 Å². The minimum atomic E-state index is -3.83. The molecule has 1 N–H and O–H groups in total. The van der Waals surface area contributed by atoms with E-state index in [4.69, 9.17) is 1.43 Å². The van der Waals surface area contributed by atoms with Crippen molar-refractivity contribution in [1.82, 2.24) is 0 Å². The highest BCUT2D eigenvalue weighted by Gasteiger charge is 2.05. The molecule has 2 rings (SSSR count). The van der Waals surface area contributed by atoms with Crippen molar-refractivity contribution in [3.8, 4) is 0 Å². The summed E-state index contributed by atoms with van der Waals surface area (Å²) in [5, 5.41) is 0. The molecule has 0 bridgehead atoms. The normalized spacial score (nSPS) is 10.8. The second-order valence-electron chi connectivity index (χ2n) is 3.38. The van der Waals surface area contributed by atoms with E-state index in [1.165, 1.54) is 17.7 Å². The molecule has 2 aromatic carbocycles. The van der Waals surface area contributed by atoms with Gasteiger partial charge in [0.25, 0.3) is 10.1 Å². The Morgan fingerprint density at radius 3 is 1.89 bits per heavy atom. The number of hydrogen-bond donors (Lipinski definition) is 1. The number of hydrogen-bond acceptors (Lipinski definition) is 3. The van der Waals surface area contributed by atoms with Crippen LogP contribution < -0.4 is 0 Å². The van der Waals surface area contributed by atoms with Gasteiger partial charge >= 0.3 is 0 Å². The average molecular weight is 263 g/mol. The van der Waals surface area contributed by atoms with E-state index in [0.717, 1.165) is 0 Å². The van der Waals surface area contributed by atoms with E-state index in [1.807, 2.05) is 36.4 Å². The topological polar surface area (TPSA) is 54.4 Å². The van der Waals surface area contributed by atoms with Gasteiger partial charge in [0.05, 0.1) is 4.90 Å². The van der Waals surface area contributed by atoms with Gasteiger partial charge in [-0.25, -0.2) is 0 Å². The van der Waals surface area contributed by atoms with Crippen LogP contribution in [-0.2, 0) is 10.1 Å². The van der Waals surface area contributed by atoms with Gasteiger partial charge in [0.1, 0.15) is 0 Å². The molecule has 0 aliphatic rings. The van der Waals surface area contributed by atoms with Gasteiger partial charge in [0, 0.05) is 0 Å². The first kappa shape index (κ1) is 12.5. The van der Waals surface area contributed by atoms with E-state index in [-0.39, 0.29) is 4.90 Å². The Morgan fingerprint density at radius 2 is 1.50 bits per heavy atom. The molecule has 0 aliphatic carbocycles. The van der Waals surface area contributed by atoms with E-state index < -0.39 is 10.1 Å². The second kappa shape index (κ2) is 6.74. The minimum Gasteiger partial charge on any atom is -0.282 e. The summed E-state index contributed by atoms with van der Waals surface area (Å²) in [6.45, 7) is 3.63. The van der Waals surface area contributed by atoms with Crippen LogP contribution in [0.5, 0.6) is 0 Å². The van der Waals surface area contributed by atoms with Gasteiger partial charge in [0.2, 0.25) is 1.43 Å². The van der Waals surface area contributed by atoms with Crippen LogP contribution >= 0.6 is 0 Å². The Labute approximate surface area is 109 Å². The van der Waals surface area contributed by atoms with Crippen molar-refractivity contribution < 1.29 is 13.0 Å². The first-order valence-corrected chi connectivity index (χ1v) is 6.63. The standard InChI is InChI=1S/C8H8.C6H6O3S/c1-2-8-6-4-3-5-7-8;7-10(8,9)6-4-2-1-3-5-6/h2-7H,1H2;1-5H,(H,7,8,9)/i/hD. The molecule has 4 heteroatoms. The Bertz CT molecular complexity index is 595. The molecule has 0 aliphatic heterocycles. The largest absolute Gasteiger partial charge is 0.294 e. The molecular weight excluding hydrogens is 248 g/mol. The summed E-state index contributed by atoms with van der Waals surface area (Å²) in [5.41, 5.74) is 1.17. The summed E-state index contributed by atoms with van der Waals surface area (Å²) in [6, 6.07) is 17.6. The quantitative estimate of drug-likeness (QED) is 0.865. The van der Waals surface area contributed by atoms with E-state index in [9.17, 15) is 8.42 Å². The maximum absolute atomic E-state index is 10.8. The molecule has 18 heavy (non-hydrogen) atoms. The van der Waals surface area contributed by atoms with Gasteiger partial charge in [-0.15, -0.1) is 0 Å². The van der Waals surface area contributed by atoms with Crippen molar-refractivity contribution in [2.45, 2.75) is 4.90 Å². The fraction of sp³-hybridized carbons (Fsp3) is 0. The predicted molar refractivity (Wildman–Crippen MR) is 72.8 cm³/mol. The third-order valence-corrected chi connectivity index (χ3v) is 2.92. The number of benzene rings is 2. The van der Waals surface area contributed by atoms with Gasteiger partial charge in [0.15, 0.2) is 0 Å². The van der Waals surface area contributed by atoms with Gasteiger partial charge in [-0.05, 0) is 17.7 Å². The van der Waals surface area contributed by atoms with Crippen LogP contribution in [0.15, 0.2) is 72.1 Å². The highest BCUT2D eigenvalue weighted by molar-refractivity contribution is 7.85. The molecule has 0 amide bonds. The van der Waals surface area contributed by atoms with Crippen molar-refractivity contribution >= 4 is 16.2 Å². The van der Waals surface area contributed by atoms with E-state index in [2.05, 4.69) is 11.1 Å². The molecule has 0 fully saturated rings. The fourth-order valence-corrected chi connectivity index (χ4v) is 1.67.